The molecule has 156 valence electrons. The minimum atomic E-state index is -0.888. The predicted octanol–water partition coefficient (Wildman–Crippen LogP) is 0.275. The number of benzene rings is 1. The Bertz CT molecular complexity index is 770. The normalized spacial score (nSPS) is 15.8. The maximum absolute atomic E-state index is 12.3. The fraction of sp³-hybridized carbons (Fsp3) is 0.421. The molecule has 2 amide bonds. The number of esters is 2. The Labute approximate surface area is 173 Å². The zero-order valence-electron chi connectivity index (χ0n) is 16.0. The number of piperazine rings is 1. The van der Waals surface area contributed by atoms with Crippen LogP contribution in [0.4, 0.5) is 0 Å². The molecule has 0 spiro atoms. The monoisotopic (exact) mass is 421 g/mol. The molecule has 1 aromatic rings. The minimum absolute atomic E-state index is 0.0237. The summed E-state index contributed by atoms with van der Waals surface area (Å²) in [5.41, 5.74) is 0.833. The van der Waals surface area contributed by atoms with Crippen molar-refractivity contribution in [1.29, 1.82) is 0 Å². The first-order valence-corrected chi connectivity index (χ1v) is 9.46. The van der Waals surface area contributed by atoms with Gasteiger partial charge in [0.15, 0.2) is 5.11 Å². The third-order valence-corrected chi connectivity index (χ3v) is 4.56. The second-order valence-electron chi connectivity index (χ2n) is 6.28. The molecular formula is C19H23N3O6S. The highest BCUT2D eigenvalue weighted by Crippen LogP contribution is 2.12. The summed E-state index contributed by atoms with van der Waals surface area (Å²) < 4.78 is 9.72. The fourth-order valence-corrected chi connectivity index (χ4v) is 3.02. The molecule has 1 aliphatic heterocycles. The minimum Gasteiger partial charge on any atom is -0.469 e. The Hall–Kier alpha value is -3.01. The molecule has 0 bridgehead atoms. The Morgan fingerprint density at radius 2 is 1.93 bits per heavy atom. The highest BCUT2D eigenvalue weighted by atomic mass is 32.1. The second kappa shape index (κ2) is 11.1. The molecule has 0 aliphatic carbocycles. The smallest absolute Gasteiger partial charge is 0.308 e. The van der Waals surface area contributed by atoms with Crippen LogP contribution in [-0.2, 0) is 35.3 Å². The van der Waals surface area contributed by atoms with Gasteiger partial charge in [0.2, 0.25) is 11.8 Å². The molecule has 29 heavy (non-hydrogen) atoms. The molecule has 1 fully saturated rings. The lowest BCUT2D eigenvalue weighted by Crippen LogP contribution is -2.60. The number of carbonyl (C=O) groups is 4. The first kappa shape index (κ1) is 22.3. The van der Waals surface area contributed by atoms with Crippen LogP contribution in [0.1, 0.15) is 24.8 Å². The van der Waals surface area contributed by atoms with Crippen molar-refractivity contribution in [3.8, 4) is 0 Å². The van der Waals surface area contributed by atoms with E-state index in [2.05, 4.69) is 15.4 Å². The molecule has 10 heteroatoms. The Balaban J connectivity index is 1.90. The van der Waals surface area contributed by atoms with Gasteiger partial charge in [-0.1, -0.05) is 30.3 Å². The van der Waals surface area contributed by atoms with E-state index >= 15 is 0 Å². The van der Waals surface area contributed by atoms with Crippen LogP contribution in [0.15, 0.2) is 30.3 Å². The number of hydrogen-bond donors (Lipinski definition) is 2. The van der Waals surface area contributed by atoms with Crippen LogP contribution in [0.25, 0.3) is 0 Å². The Morgan fingerprint density at radius 3 is 2.62 bits per heavy atom. The number of amides is 2. The molecule has 0 radical (unpaired) electrons. The van der Waals surface area contributed by atoms with E-state index in [0.29, 0.717) is 13.1 Å². The van der Waals surface area contributed by atoms with Crippen molar-refractivity contribution in [2.75, 3.05) is 20.2 Å². The predicted molar refractivity (Wildman–Crippen MR) is 106 cm³/mol. The maximum atomic E-state index is 12.3. The van der Waals surface area contributed by atoms with Gasteiger partial charge in [-0.15, -0.1) is 0 Å². The van der Waals surface area contributed by atoms with Crippen LogP contribution >= 0.6 is 12.2 Å². The summed E-state index contributed by atoms with van der Waals surface area (Å²) in [7, 11) is 1.23. The lowest BCUT2D eigenvalue weighted by molar-refractivity contribution is -0.148. The number of nitrogens with zero attached hydrogens (tertiary/aromatic N) is 1. The van der Waals surface area contributed by atoms with Gasteiger partial charge < -0.3 is 25.0 Å². The molecule has 1 heterocycles. The number of hydrogen-bond acceptors (Lipinski definition) is 7. The second-order valence-corrected chi connectivity index (χ2v) is 6.67. The molecule has 0 saturated carbocycles. The number of rotatable bonds is 7. The van der Waals surface area contributed by atoms with E-state index in [1.807, 2.05) is 30.3 Å². The lowest BCUT2D eigenvalue weighted by Gasteiger charge is -2.36. The average molecular weight is 421 g/mol. The third-order valence-electron chi connectivity index (χ3n) is 4.22. The van der Waals surface area contributed by atoms with Crippen molar-refractivity contribution in [3.05, 3.63) is 35.9 Å². The van der Waals surface area contributed by atoms with Gasteiger partial charge >= 0.3 is 11.9 Å². The van der Waals surface area contributed by atoms with Gasteiger partial charge in [-0.2, -0.15) is 0 Å². The van der Waals surface area contributed by atoms with Crippen LogP contribution in [0, 0.1) is 0 Å². The van der Waals surface area contributed by atoms with Gasteiger partial charge in [-0.25, -0.2) is 0 Å². The van der Waals surface area contributed by atoms with E-state index in [1.165, 1.54) is 12.0 Å². The van der Waals surface area contributed by atoms with Crippen molar-refractivity contribution >= 4 is 41.1 Å². The van der Waals surface area contributed by atoms with Gasteiger partial charge in [0.25, 0.3) is 0 Å². The number of nitrogens with one attached hydrogen (secondary N) is 2. The van der Waals surface area contributed by atoms with Crippen LogP contribution in [0.5, 0.6) is 0 Å². The van der Waals surface area contributed by atoms with Gasteiger partial charge in [-0.3, -0.25) is 19.2 Å². The van der Waals surface area contributed by atoms with Crippen molar-refractivity contribution < 1.29 is 28.7 Å². The fourth-order valence-electron chi connectivity index (χ4n) is 2.69. The summed E-state index contributed by atoms with van der Waals surface area (Å²) >= 11 is 5.23. The van der Waals surface area contributed by atoms with Crippen LogP contribution in [-0.4, -0.2) is 60.0 Å². The molecule has 1 atom stereocenters. The molecule has 2 N–H and O–H groups in total. The van der Waals surface area contributed by atoms with Crippen LogP contribution in [0.3, 0.4) is 0 Å². The molecule has 1 unspecified atom stereocenters. The van der Waals surface area contributed by atoms with E-state index in [0.717, 1.165) is 5.56 Å². The molecule has 1 saturated heterocycles. The zero-order chi connectivity index (χ0) is 21.2. The Morgan fingerprint density at radius 1 is 1.21 bits per heavy atom. The van der Waals surface area contributed by atoms with Crippen molar-refractivity contribution in [3.63, 3.8) is 0 Å². The van der Waals surface area contributed by atoms with Crippen molar-refractivity contribution in [2.24, 2.45) is 0 Å². The largest absolute Gasteiger partial charge is 0.469 e. The Kier molecular flexibility index (Phi) is 8.53. The van der Waals surface area contributed by atoms with E-state index in [1.54, 1.807) is 0 Å². The average Bonchev–Trinajstić information content (AvgIpc) is 2.72. The summed E-state index contributed by atoms with van der Waals surface area (Å²) in [6.07, 6.45) is -0.395. The quantitative estimate of drug-likeness (QED) is 0.477. The highest BCUT2D eigenvalue weighted by Gasteiger charge is 2.34. The molecule has 1 aromatic carbocycles. The summed E-state index contributed by atoms with van der Waals surface area (Å²) in [5, 5.41) is 5.19. The molecule has 1 aliphatic rings. The summed E-state index contributed by atoms with van der Waals surface area (Å²) in [5.74, 6) is -1.92. The standard InChI is InChI=1S/C19H23N3O6S/c1-27-16(24)8-7-15(23)21-19(29)22-10-9-20-18(26)14(22)11-17(25)28-12-13-5-3-2-4-6-13/h2-6,14H,7-12H2,1H3,(H,20,26)(H,21,23,29). The molecule has 9 nitrogen and oxygen atoms in total. The van der Waals surface area contributed by atoms with Gasteiger partial charge in [0, 0.05) is 19.5 Å². The van der Waals surface area contributed by atoms with Crippen molar-refractivity contribution in [1.82, 2.24) is 15.5 Å². The van der Waals surface area contributed by atoms with E-state index in [9.17, 15) is 19.2 Å². The van der Waals surface area contributed by atoms with Gasteiger partial charge in [0.05, 0.1) is 20.0 Å². The molecule has 0 aromatic heterocycles. The summed E-state index contributed by atoms with van der Waals surface area (Å²) in [6.45, 7) is 0.758. The number of ether oxygens (including phenoxy) is 2. The van der Waals surface area contributed by atoms with E-state index < -0.39 is 23.9 Å². The maximum Gasteiger partial charge on any atom is 0.308 e. The summed E-state index contributed by atoms with van der Waals surface area (Å²) in [6, 6.07) is 8.29. The topological polar surface area (TPSA) is 114 Å². The molecular weight excluding hydrogens is 398 g/mol. The number of carbonyl (C=O) groups excluding carboxylic acids is 4. The number of methoxy groups -OCH3 is 1. The van der Waals surface area contributed by atoms with Gasteiger partial charge in [-0.05, 0) is 17.8 Å². The van der Waals surface area contributed by atoms with E-state index in [4.69, 9.17) is 17.0 Å². The summed E-state index contributed by atoms with van der Waals surface area (Å²) in [4.78, 5) is 49.1. The SMILES string of the molecule is COC(=O)CCC(=O)NC(=S)N1CCNC(=O)C1CC(=O)OCc1ccccc1. The third kappa shape index (κ3) is 7.15. The highest BCUT2D eigenvalue weighted by molar-refractivity contribution is 7.80. The first-order chi connectivity index (χ1) is 13.9. The van der Waals surface area contributed by atoms with Gasteiger partial charge in [0.1, 0.15) is 12.6 Å². The van der Waals surface area contributed by atoms with Crippen LogP contribution < -0.4 is 10.6 Å². The van der Waals surface area contributed by atoms with Crippen molar-refractivity contribution in [2.45, 2.75) is 31.9 Å². The first-order valence-electron chi connectivity index (χ1n) is 9.05. The zero-order valence-corrected chi connectivity index (χ0v) is 16.8. The number of thiocarbonyl (C=S) groups is 1. The van der Waals surface area contributed by atoms with Crippen LogP contribution in [0.2, 0.25) is 0 Å². The molecule has 2 rings (SSSR count). The lowest BCUT2D eigenvalue weighted by atomic mass is 10.1. The van der Waals surface area contributed by atoms with E-state index in [-0.39, 0.29) is 36.9 Å².